The molecule has 172 valence electrons. The van der Waals surface area contributed by atoms with Gasteiger partial charge in [0.25, 0.3) is 0 Å². The second kappa shape index (κ2) is 8.83. The molecule has 7 nitrogen and oxygen atoms in total. The summed E-state index contributed by atoms with van der Waals surface area (Å²) in [5, 5.41) is 23.0. The van der Waals surface area contributed by atoms with Gasteiger partial charge in [-0.3, -0.25) is 0 Å². The highest BCUT2D eigenvalue weighted by atomic mass is 32.2. The van der Waals surface area contributed by atoms with E-state index in [9.17, 15) is 13.9 Å². The summed E-state index contributed by atoms with van der Waals surface area (Å²) >= 11 is 1.41. The van der Waals surface area contributed by atoms with Crippen LogP contribution in [0.15, 0.2) is 41.7 Å². The first-order valence-electron chi connectivity index (χ1n) is 10.8. The molecule has 0 aliphatic carbocycles. The molecule has 2 bridgehead atoms. The number of anilines is 1. The Morgan fingerprint density at radius 1 is 1.12 bits per heavy atom. The molecule has 0 spiro atoms. The first kappa shape index (κ1) is 22.0. The van der Waals surface area contributed by atoms with Gasteiger partial charge in [-0.25, -0.2) is 18.7 Å². The van der Waals surface area contributed by atoms with Crippen molar-refractivity contribution >= 4 is 17.6 Å². The van der Waals surface area contributed by atoms with Gasteiger partial charge in [-0.15, -0.1) is 22.0 Å². The van der Waals surface area contributed by atoms with E-state index in [-0.39, 0.29) is 23.7 Å². The fourth-order valence-corrected chi connectivity index (χ4v) is 5.11. The van der Waals surface area contributed by atoms with E-state index in [1.54, 1.807) is 29.3 Å². The van der Waals surface area contributed by atoms with E-state index in [4.69, 9.17) is 0 Å². The van der Waals surface area contributed by atoms with Crippen LogP contribution >= 0.6 is 11.8 Å². The molecule has 0 unspecified atom stereocenters. The van der Waals surface area contributed by atoms with Crippen molar-refractivity contribution in [3.63, 3.8) is 0 Å². The number of phenols is 1. The third kappa shape index (κ3) is 4.13. The number of piperidine rings is 1. The molecule has 0 radical (unpaired) electrons. The van der Waals surface area contributed by atoms with Gasteiger partial charge >= 0.3 is 0 Å². The van der Waals surface area contributed by atoms with Gasteiger partial charge in [-0.05, 0) is 49.3 Å². The normalized spacial score (nSPS) is 24.1. The molecule has 33 heavy (non-hydrogen) atoms. The van der Waals surface area contributed by atoms with Gasteiger partial charge in [0.1, 0.15) is 17.7 Å². The van der Waals surface area contributed by atoms with Crippen molar-refractivity contribution in [2.24, 2.45) is 0 Å². The number of nitrogens with zero attached hydrogens (tertiary/aromatic N) is 5. The number of rotatable bonds is 5. The van der Waals surface area contributed by atoms with Crippen LogP contribution in [0.25, 0.3) is 22.5 Å². The van der Waals surface area contributed by atoms with Gasteiger partial charge in [0.2, 0.25) is 0 Å². The summed E-state index contributed by atoms with van der Waals surface area (Å²) in [5.41, 5.74) is 1.25. The molecule has 2 aliphatic rings. The van der Waals surface area contributed by atoms with Crippen LogP contribution < -0.4 is 10.2 Å². The lowest BCUT2D eigenvalue weighted by Gasteiger charge is -2.38. The number of alkyl halides is 1. The maximum Gasteiger partial charge on any atom is 0.185 e. The van der Waals surface area contributed by atoms with E-state index >= 15 is 0 Å². The third-order valence-corrected chi connectivity index (χ3v) is 7.19. The zero-order valence-corrected chi connectivity index (χ0v) is 19.1. The highest BCUT2D eigenvalue weighted by Gasteiger charge is 2.43. The lowest BCUT2D eigenvalue weighted by molar-refractivity contribution is 0.176. The van der Waals surface area contributed by atoms with E-state index in [0.717, 1.165) is 12.8 Å². The van der Waals surface area contributed by atoms with Crippen molar-refractivity contribution in [2.75, 3.05) is 18.2 Å². The second-order valence-corrected chi connectivity index (χ2v) is 9.31. The number of benzene rings is 1. The monoisotopic (exact) mass is 470 g/mol. The van der Waals surface area contributed by atoms with Crippen molar-refractivity contribution in [1.82, 2.24) is 25.5 Å². The van der Waals surface area contributed by atoms with Crippen LogP contribution in [0.5, 0.6) is 5.75 Å². The Morgan fingerprint density at radius 3 is 2.70 bits per heavy atom. The van der Waals surface area contributed by atoms with Crippen molar-refractivity contribution < 1.29 is 13.9 Å². The first-order valence-corrected chi connectivity index (χ1v) is 12.0. The molecule has 2 N–H and O–H groups in total. The molecule has 10 heteroatoms. The number of nitrogens with one attached hydrogen (secondary N) is 1. The standard InChI is InChI=1S/C23H24F2N6OS/c1-31(18-8-13-4-6-17(28-13)22(18)25)20-11-27-23(30-29-20)14-5-3-12(7-19(14)32)15-9-21(33-2)26-10-16(15)24/h3,5,7,9-11,13,17-18,22,28,32H,4,6,8H2,1-2H3/t13-,17+,18+,22-/m1/s1. The van der Waals surface area contributed by atoms with Crippen molar-refractivity contribution in [3.8, 4) is 28.3 Å². The maximum absolute atomic E-state index is 14.9. The smallest absolute Gasteiger partial charge is 0.185 e. The number of pyridine rings is 1. The van der Waals surface area contributed by atoms with Crippen LogP contribution in [-0.2, 0) is 0 Å². The summed E-state index contributed by atoms with van der Waals surface area (Å²) in [6.45, 7) is 0. The van der Waals surface area contributed by atoms with E-state index in [2.05, 4.69) is 25.5 Å². The summed E-state index contributed by atoms with van der Waals surface area (Å²) in [4.78, 5) is 10.2. The number of hydrogen-bond acceptors (Lipinski definition) is 8. The highest BCUT2D eigenvalue weighted by molar-refractivity contribution is 7.98. The molecule has 4 atom stereocenters. The van der Waals surface area contributed by atoms with Gasteiger partial charge in [-0.2, -0.15) is 0 Å². The van der Waals surface area contributed by atoms with Crippen molar-refractivity contribution in [1.29, 1.82) is 0 Å². The van der Waals surface area contributed by atoms with Gasteiger partial charge in [0, 0.05) is 24.7 Å². The van der Waals surface area contributed by atoms with E-state index in [1.165, 1.54) is 24.0 Å². The predicted molar refractivity (Wildman–Crippen MR) is 124 cm³/mol. The van der Waals surface area contributed by atoms with E-state index < -0.39 is 12.0 Å². The molecular formula is C23H24F2N6OS. The molecule has 2 aliphatic heterocycles. The molecule has 2 saturated heterocycles. The first-order chi connectivity index (χ1) is 15.9. The molecule has 0 amide bonds. The number of aromatic nitrogens is 4. The quantitative estimate of drug-likeness (QED) is 0.544. The van der Waals surface area contributed by atoms with Crippen LogP contribution in [-0.4, -0.2) is 62.9 Å². The summed E-state index contributed by atoms with van der Waals surface area (Å²) in [7, 11) is 1.81. The minimum Gasteiger partial charge on any atom is -0.507 e. The summed E-state index contributed by atoms with van der Waals surface area (Å²) in [6.07, 6.45) is 6.16. The molecule has 3 aromatic rings. The summed E-state index contributed by atoms with van der Waals surface area (Å²) in [5.74, 6) is 0.157. The fraction of sp³-hybridized carbons (Fsp3) is 0.391. The highest BCUT2D eigenvalue weighted by Crippen LogP contribution is 2.35. The lowest BCUT2D eigenvalue weighted by Crippen LogP contribution is -2.55. The Hall–Kier alpha value is -2.85. The minimum atomic E-state index is -0.980. The number of phenolic OH excluding ortho intramolecular Hbond substituents is 1. The van der Waals surface area contributed by atoms with Crippen LogP contribution in [0.1, 0.15) is 19.3 Å². The number of aromatic hydroxyl groups is 1. The number of fused-ring (bicyclic) bond motifs is 2. The second-order valence-electron chi connectivity index (χ2n) is 8.48. The van der Waals surface area contributed by atoms with Crippen molar-refractivity contribution in [2.45, 2.75) is 48.6 Å². The van der Waals surface area contributed by atoms with Crippen LogP contribution in [0.2, 0.25) is 0 Å². The molecule has 0 saturated carbocycles. The molecule has 5 rings (SSSR count). The third-order valence-electron chi connectivity index (χ3n) is 6.55. The summed E-state index contributed by atoms with van der Waals surface area (Å²) in [6, 6.07) is 6.39. The Kier molecular flexibility index (Phi) is 5.88. The van der Waals surface area contributed by atoms with Crippen LogP contribution in [0.3, 0.4) is 0 Å². The van der Waals surface area contributed by atoms with Gasteiger partial charge < -0.3 is 15.3 Å². The largest absolute Gasteiger partial charge is 0.507 e. The Labute approximate surface area is 194 Å². The predicted octanol–water partition coefficient (Wildman–Crippen LogP) is 3.83. The minimum absolute atomic E-state index is 0.0870. The number of halogens is 2. The molecule has 1 aromatic carbocycles. The maximum atomic E-state index is 14.9. The Morgan fingerprint density at radius 2 is 1.97 bits per heavy atom. The molecule has 2 aromatic heterocycles. The fourth-order valence-electron chi connectivity index (χ4n) is 4.71. The lowest BCUT2D eigenvalue weighted by atomic mass is 9.96. The average molecular weight is 471 g/mol. The van der Waals surface area contributed by atoms with Crippen LogP contribution in [0.4, 0.5) is 14.6 Å². The molecule has 4 heterocycles. The zero-order valence-electron chi connectivity index (χ0n) is 18.2. The van der Waals surface area contributed by atoms with E-state index in [0.29, 0.717) is 40.0 Å². The van der Waals surface area contributed by atoms with E-state index in [1.807, 2.05) is 13.3 Å². The zero-order chi connectivity index (χ0) is 23.1. The average Bonchev–Trinajstić information content (AvgIpc) is 3.25. The van der Waals surface area contributed by atoms with Gasteiger partial charge in [0.05, 0.1) is 29.0 Å². The molecule has 2 fully saturated rings. The van der Waals surface area contributed by atoms with Crippen LogP contribution in [0, 0.1) is 5.82 Å². The summed E-state index contributed by atoms with van der Waals surface area (Å²) < 4.78 is 29.2. The number of thioether (sulfide) groups is 1. The molecular weight excluding hydrogens is 446 g/mol. The number of hydrogen-bond donors (Lipinski definition) is 2. The SMILES string of the molecule is CSc1cc(-c2ccc(-c3ncc(N(C)[C@H]4C[C@H]5CC[C@H](N5)[C@H]4F)nn3)c(O)c2)c(F)cn1. The Bertz CT molecular complexity index is 1160. The van der Waals surface area contributed by atoms with Gasteiger partial charge in [0.15, 0.2) is 11.6 Å². The van der Waals surface area contributed by atoms with Gasteiger partial charge in [-0.1, -0.05) is 6.07 Å². The van der Waals surface area contributed by atoms with Crippen molar-refractivity contribution in [3.05, 3.63) is 42.5 Å². The topological polar surface area (TPSA) is 87.1 Å². The Balaban J connectivity index is 1.37.